The summed E-state index contributed by atoms with van der Waals surface area (Å²) in [5.74, 6) is -32.6. The van der Waals surface area contributed by atoms with Gasteiger partial charge in [-0.05, 0) is 18.2 Å². The average molecular weight is 1080 g/mol. The molecular formula is C48H28O30. The van der Waals surface area contributed by atoms with Crippen molar-refractivity contribution in [2.45, 2.75) is 30.5 Å². The Morgan fingerprint density at radius 2 is 0.769 bits per heavy atom. The van der Waals surface area contributed by atoms with Crippen LogP contribution in [0.15, 0.2) is 36.6 Å². The first-order valence-corrected chi connectivity index (χ1v) is 21.7. The van der Waals surface area contributed by atoms with Crippen LogP contribution in [0.3, 0.4) is 0 Å². The number of benzene rings is 6. The predicted molar refractivity (Wildman–Crippen MR) is 245 cm³/mol. The monoisotopic (exact) mass is 1080 g/mol. The van der Waals surface area contributed by atoms with Crippen molar-refractivity contribution >= 4 is 56.6 Å². The number of hydrogen-bond acceptors (Lipinski definition) is 30. The summed E-state index contributed by atoms with van der Waals surface area (Å²) in [6.45, 7) is -1.69. The molecule has 6 heterocycles. The Morgan fingerprint density at radius 3 is 1.29 bits per heavy atom. The maximum absolute atomic E-state index is 15.0. The smallest absolute Gasteiger partial charge is 0.345 e. The lowest BCUT2D eigenvalue weighted by molar-refractivity contribution is -0.153. The normalized spacial score (nSPS) is 19.1. The molecule has 0 aliphatic carbocycles. The molecule has 0 amide bonds. The maximum atomic E-state index is 15.0. The van der Waals surface area contributed by atoms with Crippen molar-refractivity contribution in [3.63, 3.8) is 0 Å². The third-order valence-corrected chi connectivity index (χ3v) is 13.5. The van der Waals surface area contributed by atoms with E-state index >= 15 is 0 Å². The zero-order chi connectivity index (χ0) is 56.5. The van der Waals surface area contributed by atoms with Gasteiger partial charge in [0.2, 0.25) is 34.5 Å². The molecule has 0 unspecified atom stereocenters. The van der Waals surface area contributed by atoms with Crippen LogP contribution in [-0.4, -0.2) is 147 Å². The highest BCUT2D eigenvalue weighted by Crippen LogP contribution is 2.60. The van der Waals surface area contributed by atoms with E-state index in [2.05, 4.69) is 0 Å². The molecule has 8 aromatic rings. The zero-order valence-corrected chi connectivity index (χ0v) is 37.8. The first-order valence-electron chi connectivity index (χ1n) is 21.7. The SMILES string of the molecule is O=C1O[C@@H]([C@H]2OC(=O)c3cc(O)c(O)c(O)c3-c3c(O)c(O)c4oc(=O)c5c(c(O)c(O)c6oc(=O)c3c4c65)-c3c(cc(O)c(O)c3O)C(=O)OC[C@@H]2O)[C@H]2OC(=O)c3c(c(O)c(O)c(O)c3[C@H]2O)-c2cc1c(O)c(O)c2O. The second-order valence-electron chi connectivity index (χ2n) is 17.6. The predicted octanol–water partition coefficient (Wildman–Crippen LogP) is 1.65. The van der Waals surface area contributed by atoms with Gasteiger partial charge in [0.1, 0.15) is 24.4 Å². The first kappa shape index (κ1) is 49.1. The van der Waals surface area contributed by atoms with E-state index in [0.717, 1.165) is 0 Å². The number of aliphatic hydroxyl groups is 2. The summed E-state index contributed by atoms with van der Waals surface area (Å²) in [5.41, 5.74) is -19.4. The van der Waals surface area contributed by atoms with Crippen LogP contribution in [0.4, 0.5) is 0 Å². The van der Waals surface area contributed by atoms with Gasteiger partial charge in [-0.15, -0.1) is 0 Å². The molecule has 30 heteroatoms. The molecule has 0 saturated carbocycles. The number of phenolic OH excluding ortho intramolecular Hbond substituents is 16. The van der Waals surface area contributed by atoms with Crippen LogP contribution in [-0.2, 0) is 18.9 Å². The Morgan fingerprint density at radius 1 is 0.346 bits per heavy atom. The molecule has 12 bridgehead atoms. The number of phenols is 16. The largest absolute Gasteiger partial charge is 0.504 e. The summed E-state index contributed by atoms with van der Waals surface area (Å²) in [6, 6.07) is 0.957. The minimum Gasteiger partial charge on any atom is -0.504 e. The molecule has 12 rings (SSSR count). The minimum absolute atomic E-state index is 0.226. The summed E-state index contributed by atoms with van der Waals surface area (Å²) in [5, 5.41) is 199. The topological polar surface area (TPSA) is 530 Å². The lowest BCUT2D eigenvalue weighted by Gasteiger charge is -2.39. The van der Waals surface area contributed by atoms with Crippen LogP contribution in [0.2, 0.25) is 0 Å². The lowest BCUT2D eigenvalue weighted by atomic mass is 9.84. The molecule has 4 aliphatic rings. The number of aliphatic hydroxyl groups excluding tert-OH is 2. The van der Waals surface area contributed by atoms with E-state index in [1.54, 1.807) is 0 Å². The van der Waals surface area contributed by atoms with Gasteiger partial charge in [-0.2, -0.15) is 0 Å². The second kappa shape index (κ2) is 16.2. The maximum Gasteiger partial charge on any atom is 0.345 e. The number of rotatable bonds is 1. The van der Waals surface area contributed by atoms with E-state index in [0.29, 0.717) is 12.1 Å². The van der Waals surface area contributed by atoms with Gasteiger partial charge in [0.25, 0.3) is 0 Å². The second-order valence-corrected chi connectivity index (χ2v) is 17.6. The van der Waals surface area contributed by atoms with Gasteiger partial charge in [0.05, 0.1) is 27.5 Å². The fourth-order valence-corrected chi connectivity index (χ4v) is 9.92. The van der Waals surface area contributed by atoms with E-state index in [1.807, 2.05) is 0 Å². The summed E-state index contributed by atoms with van der Waals surface area (Å²) >= 11 is 0. The molecule has 0 fully saturated rings. The van der Waals surface area contributed by atoms with E-state index in [-0.39, 0.29) is 6.07 Å². The Bertz CT molecular complexity index is 4280. The molecule has 400 valence electrons. The number of carbonyl (C=O) groups excluding carboxylic acids is 4. The van der Waals surface area contributed by atoms with Crippen LogP contribution in [0.25, 0.3) is 66.1 Å². The number of ether oxygens (including phenoxy) is 4. The summed E-state index contributed by atoms with van der Waals surface area (Å²) < 4.78 is 32.4. The quantitative estimate of drug-likeness (QED) is 0.0365. The molecule has 2 aromatic heterocycles. The van der Waals surface area contributed by atoms with Crippen LogP contribution in [0, 0.1) is 0 Å². The van der Waals surface area contributed by atoms with Gasteiger partial charge >= 0.3 is 35.1 Å². The van der Waals surface area contributed by atoms with Crippen LogP contribution in [0.5, 0.6) is 92.0 Å². The Kier molecular flexibility index (Phi) is 10.2. The number of cyclic esters (lactones) is 2. The number of hydrogen-bond donors (Lipinski definition) is 18. The highest BCUT2D eigenvalue weighted by atomic mass is 16.6. The van der Waals surface area contributed by atoms with Crippen molar-refractivity contribution in [3.05, 3.63) is 66.9 Å². The van der Waals surface area contributed by atoms with Crippen molar-refractivity contribution in [1.29, 1.82) is 0 Å². The summed E-state index contributed by atoms with van der Waals surface area (Å²) in [4.78, 5) is 86.2. The Hall–Kier alpha value is -11.1. The number of carbonyl (C=O) groups is 4. The minimum atomic E-state index is -2.99. The van der Waals surface area contributed by atoms with Crippen molar-refractivity contribution in [3.8, 4) is 125 Å². The number of esters is 4. The molecule has 0 spiro atoms. The average Bonchev–Trinajstić information content (AvgIpc) is 3.12. The van der Waals surface area contributed by atoms with E-state index in [4.69, 9.17) is 27.8 Å². The van der Waals surface area contributed by atoms with E-state index < -0.39 is 258 Å². The van der Waals surface area contributed by atoms with Crippen molar-refractivity contribution in [2.24, 2.45) is 0 Å². The molecule has 6 aromatic carbocycles. The van der Waals surface area contributed by atoms with Crippen molar-refractivity contribution in [2.75, 3.05) is 6.61 Å². The molecule has 18 N–H and O–H groups in total. The van der Waals surface area contributed by atoms with Gasteiger partial charge in [-0.3, -0.25) is 0 Å². The van der Waals surface area contributed by atoms with Gasteiger partial charge in [0, 0.05) is 49.7 Å². The van der Waals surface area contributed by atoms with Crippen LogP contribution in [0.1, 0.15) is 53.1 Å². The van der Waals surface area contributed by atoms with Crippen LogP contribution >= 0.6 is 0 Å². The first-order chi connectivity index (χ1) is 36.7. The molecular weight excluding hydrogens is 1060 g/mol. The lowest BCUT2D eigenvalue weighted by Crippen LogP contribution is -2.55. The Balaban J connectivity index is 1.24. The van der Waals surface area contributed by atoms with Gasteiger partial charge < -0.3 is 120 Å². The molecule has 0 radical (unpaired) electrons. The third-order valence-electron chi connectivity index (χ3n) is 13.5. The molecule has 30 nitrogen and oxygen atoms in total. The number of aromatic hydroxyl groups is 16. The molecule has 0 saturated heterocycles. The van der Waals surface area contributed by atoms with Gasteiger partial charge in [-0.25, -0.2) is 28.8 Å². The highest BCUT2D eigenvalue weighted by Gasteiger charge is 2.53. The standard InChI is InChI=1S/C48H28O30/c49-9-2-6-13(27(56)25(9)54)15-20-17-18-21(48(72)76-39(17)36(65)30(15)59)16(31(60)37(66)40(18)75-47(20)71)14-7(3-10(50)26(55)28(14)57)44(68)74-38(11(51)4-73-43(6)67)42-41-33(62)22-19(46(70)77-41)12(29(58)35(64)32(22)61)5-1-8(45(69)78-42)24(53)34(63)23(5)52/h1-3,11,33,38,41-42,49-66H,4H2/t11-,33+,38-,41-,42-/m0/s1. The van der Waals surface area contributed by atoms with Crippen LogP contribution < -0.4 is 11.3 Å². The fraction of sp³-hybridized carbons (Fsp3) is 0.125. The van der Waals surface area contributed by atoms with Crippen molar-refractivity contribution in [1.82, 2.24) is 0 Å². The van der Waals surface area contributed by atoms with Gasteiger partial charge in [-0.1, -0.05) is 0 Å². The highest BCUT2D eigenvalue weighted by molar-refractivity contribution is 6.29. The Labute approximate surface area is 424 Å². The van der Waals surface area contributed by atoms with Crippen molar-refractivity contribution < 1.29 is 139 Å². The summed E-state index contributed by atoms with van der Waals surface area (Å²) in [7, 11) is 0. The fourth-order valence-electron chi connectivity index (χ4n) is 9.92. The van der Waals surface area contributed by atoms with E-state index in [9.17, 15) is 121 Å². The van der Waals surface area contributed by atoms with Gasteiger partial charge in [0.15, 0.2) is 87.0 Å². The summed E-state index contributed by atoms with van der Waals surface area (Å²) in [6.07, 6.45) is -14.3. The number of fused-ring (bicyclic) bond motifs is 7. The van der Waals surface area contributed by atoms with E-state index in [1.165, 1.54) is 0 Å². The molecule has 4 aliphatic heterocycles. The molecule has 5 atom stereocenters. The zero-order valence-electron chi connectivity index (χ0n) is 37.8. The molecule has 78 heavy (non-hydrogen) atoms. The third kappa shape index (κ3) is 6.24.